The van der Waals surface area contributed by atoms with E-state index in [1.165, 1.54) is 12.7 Å². The van der Waals surface area contributed by atoms with E-state index in [1.807, 2.05) is 6.92 Å². The van der Waals surface area contributed by atoms with Crippen LogP contribution in [0.1, 0.15) is 19.6 Å². The van der Waals surface area contributed by atoms with Gasteiger partial charge in [-0.2, -0.15) is 0 Å². The topological polar surface area (TPSA) is 141 Å². The molecule has 3 rings (SSSR count). The standard InChI is InChI=1S/C13H20N6O4/c1-2-3-18-23-10-9(21)7(4-20)22-13(10)19-6-17-8-11(14)15-5-16-12(8)19/h5-7,9-10,13,18,20-21H,2-4H2,1H3,(H2,14,15,16)/t7-,9-,10-,13-/m1/s1. The third-order valence-electron chi connectivity index (χ3n) is 3.73. The first-order chi connectivity index (χ1) is 11.2. The molecule has 0 aromatic carbocycles. The zero-order chi connectivity index (χ0) is 16.4. The second kappa shape index (κ2) is 6.72. The van der Waals surface area contributed by atoms with Gasteiger partial charge >= 0.3 is 0 Å². The summed E-state index contributed by atoms with van der Waals surface area (Å²) < 4.78 is 7.33. The lowest BCUT2D eigenvalue weighted by atomic mass is 10.1. The van der Waals surface area contributed by atoms with Crippen LogP contribution in [-0.2, 0) is 9.57 Å². The predicted octanol–water partition coefficient (Wildman–Crippen LogP) is -1.04. The van der Waals surface area contributed by atoms with Gasteiger partial charge in [-0.25, -0.2) is 20.4 Å². The van der Waals surface area contributed by atoms with Gasteiger partial charge in [0.1, 0.15) is 24.1 Å². The lowest BCUT2D eigenvalue weighted by molar-refractivity contribution is -0.108. The molecular weight excluding hydrogens is 304 g/mol. The van der Waals surface area contributed by atoms with Crippen molar-refractivity contribution in [2.75, 3.05) is 18.9 Å². The first-order valence-electron chi connectivity index (χ1n) is 7.43. The number of hydrogen-bond acceptors (Lipinski definition) is 9. The first-order valence-corrected chi connectivity index (χ1v) is 7.43. The molecule has 0 amide bonds. The van der Waals surface area contributed by atoms with Crippen LogP contribution in [0.25, 0.3) is 11.2 Å². The quantitative estimate of drug-likeness (QED) is 0.387. The first kappa shape index (κ1) is 16.0. The van der Waals surface area contributed by atoms with E-state index in [2.05, 4.69) is 20.4 Å². The number of aliphatic hydroxyl groups excluding tert-OH is 2. The summed E-state index contributed by atoms with van der Waals surface area (Å²) in [4.78, 5) is 17.8. The van der Waals surface area contributed by atoms with Crippen LogP contribution in [0.5, 0.6) is 0 Å². The number of hydrogen-bond donors (Lipinski definition) is 4. The minimum atomic E-state index is -0.994. The normalized spacial score (nSPS) is 27.8. The van der Waals surface area contributed by atoms with Crippen LogP contribution in [-0.4, -0.2) is 61.2 Å². The van der Waals surface area contributed by atoms with E-state index in [9.17, 15) is 10.2 Å². The average Bonchev–Trinajstić information content (AvgIpc) is 3.10. The van der Waals surface area contributed by atoms with Gasteiger partial charge in [-0.1, -0.05) is 6.92 Å². The SMILES string of the molecule is CCCNO[C@@H]1[C@H](O)[C@@H](CO)O[C@H]1n1cnc2c(N)ncnc21. The number of anilines is 1. The third kappa shape index (κ3) is 2.86. The van der Waals surface area contributed by atoms with Crippen LogP contribution in [0.3, 0.4) is 0 Å². The number of nitrogens with one attached hydrogen (secondary N) is 1. The Kier molecular flexibility index (Phi) is 4.68. The molecule has 1 saturated heterocycles. The molecule has 0 saturated carbocycles. The molecule has 1 aliphatic heterocycles. The fourth-order valence-corrected chi connectivity index (χ4v) is 2.53. The third-order valence-corrected chi connectivity index (χ3v) is 3.73. The van der Waals surface area contributed by atoms with Gasteiger partial charge in [-0.3, -0.25) is 9.40 Å². The van der Waals surface area contributed by atoms with Gasteiger partial charge in [0, 0.05) is 6.54 Å². The molecule has 126 valence electrons. The Bertz CT molecular complexity index is 665. The van der Waals surface area contributed by atoms with Gasteiger partial charge in [-0.15, -0.1) is 0 Å². The molecule has 4 atom stereocenters. The fourth-order valence-electron chi connectivity index (χ4n) is 2.53. The van der Waals surface area contributed by atoms with Gasteiger partial charge in [0.05, 0.1) is 12.9 Å². The molecule has 1 fully saturated rings. The Labute approximate surface area is 132 Å². The van der Waals surface area contributed by atoms with Crippen molar-refractivity contribution in [1.29, 1.82) is 0 Å². The summed E-state index contributed by atoms with van der Waals surface area (Å²) in [6.07, 6.45) is 0.517. The van der Waals surface area contributed by atoms with E-state index < -0.39 is 24.5 Å². The van der Waals surface area contributed by atoms with Crippen LogP contribution in [0, 0.1) is 0 Å². The Hall–Kier alpha value is -1.85. The molecule has 5 N–H and O–H groups in total. The highest BCUT2D eigenvalue weighted by atomic mass is 16.7. The molecule has 2 aromatic heterocycles. The fraction of sp³-hybridized carbons (Fsp3) is 0.615. The molecule has 10 heteroatoms. The monoisotopic (exact) mass is 324 g/mol. The van der Waals surface area contributed by atoms with E-state index in [0.717, 1.165) is 6.42 Å². The lowest BCUT2D eigenvalue weighted by Crippen LogP contribution is -2.39. The highest BCUT2D eigenvalue weighted by Gasteiger charge is 2.46. The van der Waals surface area contributed by atoms with Crippen molar-refractivity contribution in [2.45, 2.75) is 37.9 Å². The van der Waals surface area contributed by atoms with E-state index >= 15 is 0 Å². The average molecular weight is 324 g/mol. The van der Waals surface area contributed by atoms with Gasteiger partial charge in [-0.05, 0) is 6.42 Å². The molecule has 10 nitrogen and oxygen atoms in total. The van der Waals surface area contributed by atoms with Crippen molar-refractivity contribution >= 4 is 17.0 Å². The Balaban J connectivity index is 1.92. The molecule has 23 heavy (non-hydrogen) atoms. The number of fused-ring (bicyclic) bond motifs is 1. The predicted molar refractivity (Wildman–Crippen MR) is 79.9 cm³/mol. The smallest absolute Gasteiger partial charge is 0.168 e. The van der Waals surface area contributed by atoms with Crippen molar-refractivity contribution in [3.8, 4) is 0 Å². The number of nitrogens with two attached hydrogens (primary N) is 1. The zero-order valence-electron chi connectivity index (χ0n) is 12.7. The second-order valence-corrected chi connectivity index (χ2v) is 5.30. The minimum Gasteiger partial charge on any atom is -0.394 e. The van der Waals surface area contributed by atoms with Crippen molar-refractivity contribution < 1.29 is 19.8 Å². The van der Waals surface area contributed by atoms with Crippen LogP contribution < -0.4 is 11.2 Å². The molecule has 1 aliphatic rings. The number of aromatic nitrogens is 4. The van der Waals surface area contributed by atoms with Crippen LogP contribution >= 0.6 is 0 Å². The number of aliphatic hydroxyl groups is 2. The van der Waals surface area contributed by atoms with E-state index in [4.69, 9.17) is 15.3 Å². The summed E-state index contributed by atoms with van der Waals surface area (Å²) in [6.45, 7) is 2.30. The molecule has 0 unspecified atom stereocenters. The summed E-state index contributed by atoms with van der Waals surface area (Å²) >= 11 is 0. The maximum atomic E-state index is 10.3. The molecule has 0 bridgehead atoms. The number of hydroxylamine groups is 1. The summed E-state index contributed by atoms with van der Waals surface area (Å²) in [5.41, 5.74) is 9.48. The molecule has 0 spiro atoms. The van der Waals surface area contributed by atoms with Crippen molar-refractivity contribution in [3.05, 3.63) is 12.7 Å². The maximum absolute atomic E-state index is 10.3. The van der Waals surface area contributed by atoms with Gasteiger partial charge in [0.25, 0.3) is 0 Å². The highest BCUT2D eigenvalue weighted by molar-refractivity contribution is 5.81. The van der Waals surface area contributed by atoms with E-state index in [-0.39, 0.29) is 12.4 Å². The Morgan fingerprint density at radius 1 is 1.43 bits per heavy atom. The number of ether oxygens (including phenoxy) is 1. The van der Waals surface area contributed by atoms with Crippen LogP contribution in [0.15, 0.2) is 12.7 Å². The van der Waals surface area contributed by atoms with E-state index in [1.54, 1.807) is 4.57 Å². The number of nitrogens with zero attached hydrogens (tertiary/aromatic N) is 4. The van der Waals surface area contributed by atoms with E-state index in [0.29, 0.717) is 17.7 Å². The molecular formula is C13H20N6O4. The van der Waals surface area contributed by atoms with Gasteiger partial charge < -0.3 is 20.7 Å². The Morgan fingerprint density at radius 3 is 3.00 bits per heavy atom. The van der Waals surface area contributed by atoms with Crippen LogP contribution in [0.2, 0.25) is 0 Å². The van der Waals surface area contributed by atoms with Crippen molar-refractivity contribution in [3.63, 3.8) is 0 Å². The van der Waals surface area contributed by atoms with Crippen LogP contribution in [0.4, 0.5) is 5.82 Å². The van der Waals surface area contributed by atoms with Gasteiger partial charge in [0.2, 0.25) is 0 Å². The van der Waals surface area contributed by atoms with Crippen molar-refractivity contribution in [1.82, 2.24) is 25.0 Å². The second-order valence-electron chi connectivity index (χ2n) is 5.30. The lowest BCUT2D eigenvalue weighted by Gasteiger charge is -2.21. The summed E-state index contributed by atoms with van der Waals surface area (Å²) in [7, 11) is 0. The summed E-state index contributed by atoms with van der Waals surface area (Å²) in [5, 5.41) is 19.7. The molecule has 2 aromatic rings. The highest BCUT2D eigenvalue weighted by Crippen LogP contribution is 2.33. The summed E-state index contributed by atoms with van der Waals surface area (Å²) in [6, 6.07) is 0. The van der Waals surface area contributed by atoms with Gasteiger partial charge in [0.15, 0.2) is 23.8 Å². The molecule has 3 heterocycles. The zero-order valence-corrected chi connectivity index (χ0v) is 12.7. The van der Waals surface area contributed by atoms with Crippen molar-refractivity contribution in [2.24, 2.45) is 0 Å². The summed E-state index contributed by atoms with van der Waals surface area (Å²) in [5.74, 6) is 0.257. The molecule has 0 radical (unpaired) electrons. The Morgan fingerprint density at radius 2 is 2.26 bits per heavy atom. The number of imidazole rings is 1. The maximum Gasteiger partial charge on any atom is 0.168 e. The minimum absolute atomic E-state index is 0.257. The largest absolute Gasteiger partial charge is 0.394 e. The number of rotatable bonds is 6. The number of nitrogen functional groups attached to an aromatic ring is 1. The molecule has 0 aliphatic carbocycles.